The Balaban J connectivity index is 1.67. The lowest BCUT2D eigenvalue weighted by atomic mass is 10.1. The number of amides is 2. The van der Waals surface area contributed by atoms with E-state index in [4.69, 9.17) is 4.42 Å². The zero-order valence-corrected chi connectivity index (χ0v) is 15.8. The third kappa shape index (κ3) is 4.17. The quantitative estimate of drug-likeness (QED) is 0.661. The highest BCUT2D eigenvalue weighted by Gasteiger charge is 2.17. The van der Waals surface area contributed by atoms with E-state index < -0.39 is 6.04 Å². The van der Waals surface area contributed by atoms with E-state index in [0.717, 1.165) is 5.56 Å². The molecule has 0 saturated carbocycles. The van der Waals surface area contributed by atoms with Gasteiger partial charge in [-0.15, -0.1) is 0 Å². The summed E-state index contributed by atoms with van der Waals surface area (Å²) in [5.41, 5.74) is 2.08. The maximum atomic E-state index is 12.5. The lowest BCUT2D eigenvalue weighted by Crippen LogP contribution is -2.27. The van der Waals surface area contributed by atoms with Crippen LogP contribution in [0.5, 0.6) is 0 Å². The summed E-state index contributed by atoms with van der Waals surface area (Å²) in [5, 5.41) is 2.87. The van der Waals surface area contributed by atoms with Crippen molar-refractivity contribution in [2.24, 2.45) is 0 Å². The molecule has 1 unspecified atom stereocenters. The molecule has 1 N–H and O–H groups in total. The normalized spacial score (nSPS) is 11.5. The number of nitrogens with zero attached hydrogens (tertiary/aromatic N) is 2. The average molecular weight is 375 g/mol. The third-order valence-corrected chi connectivity index (χ3v) is 4.32. The fraction of sp³-hybridized carbons (Fsp3) is 0.136. The molecular formula is C22H21N3O3. The van der Waals surface area contributed by atoms with Crippen molar-refractivity contribution in [1.82, 2.24) is 10.3 Å². The van der Waals surface area contributed by atoms with Crippen molar-refractivity contribution < 1.29 is 14.0 Å². The maximum Gasteiger partial charge on any atom is 0.251 e. The fourth-order valence-corrected chi connectivity index (χ4v) is 2.67. The molecule has 1 heterocycles. The number of aromatic nitrogens is 1. The first-order chi connectivity index (χ1) is 13.5. The van der Waals surface area contributed by atoms with Crippen LogP contribution in [0.25, 0.3) is 11.3 Å². The molecule has 0 radical (unpaired) electrons. The number of anilines is 1. The number of oxazole rings is 1. The number of carbonyl (C=O) groups excluding carboxylic acids is 2. The van der Waals surface area contributed by atoms with Crippen LogP contribution in [0.2, 0.25) is 0 Å². The van der Waals surface area contributed by atoms with E-state index in [1.165, 1.54) is 11.0 Å². The summed E-state index contributed by atoms with van der Waals surface area (Å²) in [6.45, 7) is 5.27. The van der Waals surface area contributed by atoms with Gasteiger partial charge in [0.25, 0.3) is 5.91 Å². The molecule has 0 fully saturated rings. The van der Waals surface area contributed by atoms with Crippen molar-refractivity contribution >= 4 is 17.5 Å². The Labute approximate surface area is 163 Å². The predicted octanol–water partition coefficient (Wildman–Crippen LogP) is 3.98. The molecule has 3 aromatic rings. The molecule has 0 saturated heterocycles. The van der Waals surface area contributed by atoms with Gasteiger partial charge < -0.3 is 14.6 Å². The zero-order chi connectivity index (χ0) is 20.1. The van der Waals surface area contributed by atoms with Crippen LogP contribution < -0.4 is 10.2 Å². The lowest BCUT2D eigenvalue weighted by Gasteiger charge is -2.16. The summed E-state index contributed by atoms with van der Waals surface area (Å²) in [6, 6.07) is 16.0. The van der Waals surface area contributed by atoms with Crippen LogP contribution in [0.15, 0.2) is 77.9 Å². The molecule has 28 heavy (non-hydrogen) atoms. The zero-order valence-electron chi connectivity index (χ0n) is 15.8. The van der Waals surface area contributed by atoms with E-state index >= 15 is 0 Å². The van der Waals surface area contributed by atoms with Gasteiger partial charge in [-0.1, -0.05) is 36.9 Å². The summed E-state index contributed by atoms with van der Waals surface area (Å²) in [7, 11) is 1.65. The average Bonchev–Trinajstić information content (AvgIpc) is 3.24. The summed E-state index contributed by atoms with van der Waals surface area (Å²) in [4.78, 5) is 29.9. The van der Waals surface area contributed by atoms with Gasteiger partial charge in [-0.25, -0.2) is 4.98 Å². The minimum absolute atomic E-state index is 0.219. The van der Waals surface area contributed by atoms with Crippen LogP contribution in [-0.2, 0) is 4.79 Å². The molecule has 6 heteroatoms. The van der Waals surface area contributed by atoms with Gasteiger partial charge in [0.1, 0.15) is 6.04 Å². The number of hydrogen-bond donors (Lipinski definition) is 1. The number of carbonyl (C=O) groups is 2. The van der Waals surface area contributed by atoms with Crippen LogP contribution >= 0.6 is 0 Å². The van der Waals surface area contributed by atoms with Gasteiger partial charge in [0.15, 0.2) is 5.76 Å². The Morgan fingerprint density at radius 1 is 1.14 bits per heavy atom. The second-order valence-corrected chi connectivity index (χ2v) is 6.27. The highest BCUT2D eigenvalue weighted by Crippen LogP contribution is 2.23. The Bertz CT molecular complexity index is 978. The largest absolute Gasteiger partial charge is 0.438 e. The molecule has 1 atom stereocenters. The smallest absolute Gasteiger partial charge is 0.251 e. The highest BCUT2D eigenvalue weighted by atomic mass is 16.4. The van der Waals surface area contributed by atoms with Gasteiger partial charge in [0, 0.05) is 23.9 Å². The molecule has 142 valence electrons. The van der Waals surface area contributed by atoms with Crippen LogP contribution in [0.3, 0.4) is 0 Å². The maximum absolute atomic E-state index is 12.5. The van der Waals surface area contributed by atoms with Crippen molar-refractivity contribution in [3.05, 3.63) is 84.9 Å². The van der Waals surface area contributed by atoms with Crippen molar-refractivity contribution in [1.29, 1.82) is 0 Å². The molecule has 3 rings (SSSR count). The summed E-state index contributed by atoms with van der Waals surface area (Å²) in [6.07, 6.45) is 2.89. The number of likely N-dealkylation sites (N-methyl/N-ethyl adjacent to an activating group) is 1. The summed E-state index contributed by atoms with van der Waals surface area (Å²) < 4.78 is 5.78. The van der Waals surface area contributed by atoms with Crippen molar-refractivity contribution in [3.8, 4) is 11.3 Å². The first-order valence-electron chi connectivity index (χ1n) is 8.82. The number of benzene rings is 2. The molecule has 6 nitrogen and oxygen atoms in total. The third-order valence-electron chi connectivity index (χ3n) is 4.32. The molecule has 0 aliphatic rings. The van der Waals surface area contributed by atoms with E-state index in [1.807, 2.05) is 37.3 Å². The van der Waals surface area contributed by atoms with Gasteiger partial charge in [0.2, 0.25) is 11.8 Å². The fourth-order valence-electron chi connectivity index (χ4n) is 2.67. The van der Waals surface area contributed by atoms with E-state index in [1.54, 1.807) is 37.5 Å². The molecule has 2 aromatic carbocycles. The standard InChI is InChI=1S/C22H21N3O3/c1-4-20(26)25(3)18-12-10-17(11-13-18)21(27)24-15(2)22-23-14-19(28-22)16-8-6-5-7-9-16/h4-15H,1H2,2-3H3,(H,24,27). The van der Waals surface area contributed by atoms with E-state index in [9.17, 15) is 9.59 Å². The minimum Gasteiger partial charge on any atom is -0.438 e. The molecule has 1 aromatic heterocycles. The summed E-state index contributed by atoms with van der Waals surface area (Å²) >= 11 is 0. The molecule has 0 spiro atoms. The number of nitrogens with one attached hydrogen (secondary N) is 1. The van der Waals surface area contributed by atoms with Gasteiger partial charge in [-0.3, -0.25) is 9.59 Å². The Morgan fingerprint density at radius 3 is 2.46 bits per heavy atom. The van der Waals surface area contributed by atoms with Gasteiger partial charge in [-0.05, 0) is 37.3 Å². The molecule has 0 bridgehead atoms. The first-order valence-corrected chi connectivity index (χ1v) is 8.82. The van der Waals surface area contributed by atoms with E-state index in [0.29, 0.717) is 22.9 Å². The van der Waals surface area contributed by atoms with Crippen LogP contribution in [0, 0.1) is 0 Å². The van der Waals surface area contributed by atoms with Crippen LogP contribution in [0.4, 0.5) is 5.69 Å². The predicted molar refractivity (Wildman–Crippen MR) is 108 cm³/mol. The summed E-state index contributed by atoms with van der Waals surface area (Å²) in [5.74, 6) is 0.608. The van der Waals surface area contributed by atoms with Crippen molar-refractivity contribution in [2.45, 2.75) is 13.0 Å². The minimum atomic E-state index is -0.394. The van der Waals surface area contributed by atoms with Crippen LogP contribution in [-0.4, -0.2) is 23.8 Å². The first kappa shape index (κ1) is 19.1. The second-order valence-electron chi connectivity index (χ2n) is 6.27. The van der Waals surface area contributed by atoms with Crippen LogP contribution in [0.1, 0.15) is 29.2 Å². The van der Waals surface area contributed by atoms with Gasteiger partial charge in [0.05, 0.1) is 6.20 Å². The lowest BCUT2D eigenvalue weighted by molar-refractivity contribution is -0.113. The van der Waals surface area contributed by atoms with Gasteiger partial charge >= 0.3 is 0 Å². The van der Waals surface area contributed by atoms with E-state index in [-0.39, 0.29) is 11.8 Å². The molecular weight excluding hydrogens is 354 g/mol. The van der Waals surface area contributed by atoms with Gasteiger partial charge in [-0.2, -0.15) is 0 Å². The topological polar surface area (TPSA) is 75.4 Å². The monoisotopic (exact) mass is 375 g/mol. The Morgan fingerprint density at radius 2 is 1.82 bits per heavy atom. The molecule has 0 aliphatic heterocycles. The SMILES string of the molecule is C=CC(=O)N(C)c1ccc(C(=O)NC(C)c2ncc(-c3ccccc3)o2)cc1. The Hall–Kier alpha value is -3.67. The van der Waals surface area contributed by atoms with E-state index in [2.05, 4.69) is 16.9 Å². The van der Waals surface area contributed by atoms with Crippen molar-refractivity contribution in [2.75, 3.05) is 11.9 Å². The molecule has 0 aliphatic carbocycles. The Kier molecular flexibility index (Phi) is 5.69. The molecule has 2 amide bonds. The number of hydrogen-bond acceptors (Lipinski definition) is 4. The van der Waals surface area contributed by atoms with Crippen molar-refractivity contribution in [3.63, 3.8) is 0 Å². The second kappa shape index (κ2) is 8.35. The highest BCUT2D eigenvalue weighted by molar-refractivity contribution is 6.01. The number of rotatable bonds is 6.